The van der Waals surface area contributed by atoms with E-state index in [0.717, 1.165) is 24.3 Å². The number of anilines is 1. The molecule has 0 aliphatic rings. The molecule has 0 radical (unpaired) electrons. The Kier molecular flexibility index (Phi) is 4.81. The Morgan fingerprint density at radius 3 is 2.75 bits per heavy atom. The van der Waals surface area contributed by atoms with Crippen molar-refractivity contribution in [2.45, 2.75) is 26.3 Å². The van der Waals surface area contributed by atoms with Gasteiger partial charge in [0.2, 0.25) is 0 Å². The van der Waals surface area contributed by atoms with Gasteiger partial charge >= 0.3 is 0 Å². The van der Waals surface area contributed by atoms with Crippen LogP contribution in [0.3, 0.4) is 0 Å². The normalized spacial score (nSPS) is 11.9. The van der Waals surface area contributed by atoms with Crippen molar-refractivity contribution < 1.29 is 0 Å². The van der Waals surface area contributed by atoms with E-state index in [4.69, 9.17) is 12.2 Å². The summed E-state index contributed by atoms with van der Waals surface area (Å²) >= 11 is 0. The number of nitrogens with two attached hydrogens (primary N) is 1. The summed E-state index contributed by atoms with van der Waals surface area (Å²) in [4.78, 5) is 6.48. The van der Waals surface area contributed by atoms with E-state index in [9.17, 15) is 0 Å². The third-order valence-electron chi connectivity index (χ3n) is 2.40. The van der Waals surface area contributed by atoms with E-state index in [0.29, 0.717) is 6.54 Å². The van der Waals surface area contributed by atoms with Gasteiger partial charge in [0, 0.05) is 18.8 Å². The highest BCUT2D eigenvalue weighted by Gasteiger charge is 2.06. The fourth-order valence-electron chi connectivity index (χ4n) is 1.51. The molecule has 2 N–H and O–H groups in total. The molecule has 0 aliphatic heterocycles. The SMILES string of the molecule is C#CCN(CCC)c1ccc([C@H](C)N)cn1. The maximum Gasteiger partial charge on any atom is 0.129 e. The molecule has 0 spiro atoms. The molecule has 16 heavy (non-hydrogen) atoms. The standard InChI is InChI=1S/C13H19N3/c1-4-8-16(9-5-2)13-7-6-12(10-15-13)11(3)14/h1,6-7,10-11H,5,8-9,14H2,2-3H3/t11-/m0/s1. The number of aromatic nitrogens is 1. The molecular weight excluding hydrogens is 198 g/mol. The van der Waals surface area contributed by atoms with Gasteiger partial charge in [-0.05, 0) is 25.0 Å². The van der Waals surface area contributed by atoms with Crippen LogP contribution < -0.4 is 10.6 Å². The molecule has 1 rings (SSSR count). The van der Waals surface area contributed by atoms with Crippen LogP contribution in [0.4, 0.5) is 5.82 Å². The predicted molar refractivity (Wildman–Crippen MR) is 68.2 cm³/mol. The number of hydrogen-bond donors (Lipinski definition) is 1. The molecular formula is C13H19N3. The lowest BCUT2D eigenvalue weighted by atomic mass is 10.1. The first-order valence-corrected chi connectivity index (χ1v) is 5.59. The molecule has 0 fully saturated rings. The second-order valence-electron chi connectivity index (χ2n) is 3.86. The molecule has 1 aromatic rings. The van der Waals surface area contributed by atoms with Crippen LogP contribution in [0, 0.1) is 12.3 Å². The van der Waals surface area contributed by atoms with Crippen molar-refractivity contribution in [1.29, 1.82) is 0 Å². The van der Waals surface area contributed by atoms with E-state index in [2.05, 4.69) is 22.7 Å². The highest BCUT2D eigenvalue weighted by molar-refractivity contribution is 5.41. The summed E-state index contributed by atoms with van der Waals surface area (Å²) < 4.78 is 0. The lowest BCUT2D eigenvalue weighted by Gasteiger charge is -2.20. The van der Waals surface area contributed by atoms with Crippen molar-refractivity contribution >= 4 is 5.82 Å². The minimum Gasteiger partial charge on any atom is -0.345 e. The van der Waals surface area contributed by atoms with E-state index >= 15 is 0 Å². The summed E-state index contributed by atoms with van der Waals surface area (Å²) in [5.41, 5.74) is 6.81. The van der Waals surface area contributed by atoms with Crippen LogP contribution in [0.1, 0.15) is 31.9 Å². The third-order valence-corrected chi connectivity index (χ3v) is 2.40. The molecule has 1 heterocycles. The van der Waals surface area contributed by atoms with Crippen LogP contribution in [-0.2, 0) is 0 Å². The van der Waals surface area contributed by atoms with Crippen molar-refractivity contribution in [2.75, 3.05) is 18.0 Å². The summed E-state index contributed by atoms with van der Waals surface area (Å²) in [5, 5.41) is 0. The highest BCUT2D eigenvalue weighted by atomic mass is 15.2. The fraction of sp³-hybridized carbons (Fsp3) is 0.462. The van der Waals surface area contributed by atoms with Gasteiger partial charge in [-0.15, -0.1) is 6.42 Å². The number of nitrogens with zero attached hydrogens (tertiary/aromatic N) is 2. The zero-order valence-electron chi connectivity index (χ0n) is 9.98. The summed E-state index contributed by atoms with van der Waals surface area (Å²) in [5.74, 6) is 3.57. The van der Waals surface area contributed by atoms with E-state index in [1.54, 1.807) is 0 Å². The minimum absolute atomic E-state index is 0.0220. The summed E-state index contributed by atoms with van der Waals surface area (Å²) in [6, 6.07) is 4.01. The van der Waals surface area contributed by atoms with Gasteiger partial charge in [0.1, 0.15) is 5.82 Å². The van der Waals surface area contributed by atoms with Gasteiger partial charge in [-0.1, -0.05) is 18.9 Å². The van der Waals surface area contributed by atoms with Crippen LogP contribution in [0.2, 0.25) is 0 Å². The first-order valence-electron chi connectivity index (χ1n) is 5.59. The maximum atomic E-state index is 5.77. The molecule has 1 atom stereocenters. The highest BCUT2D eigenvalue weighted by Crippen LogP contribution is 2.14. The van der Waals surface area contributed by atoms with Crippen molar-refractivity contribution in [3.63, 3.8) is 0 Å². The number of rotatable bonds is 5. The van der Waals surface area contributed by atoms with Crippen LogP contribution in [0.15, 0.2) is 18.3 Å². The number of terminal acetylenes is 1. The van der Waals surface area contributed by atoms with E-state index in [1.807, 2.05) is 25.3 Å². The van der Waals surface area contributed by atoms with Crippen molar-refractivity contribution in [1.82, 2.24) is 4.98 Å². The molecule has 3 nitrogen and oxygen atoms in total. The van der Waals surface area contributed by atoms with Crippen molar-refractivity contribution in [2.24, 2.45) is 5.73 Å². The lowest BCUT2D eigenvalue weighted by molar-refractivity contribution is 0.791. The predicted octanol–water partition coefficient (Wildman–Crippen LogP) is 1.95. The monoisotopic (exact) mass is 217 g/mol. The second-order valence-corrected chi connectivity index (χ2v) is 3.86. The Labute approximate surface area is 97.7 Å². The average Bonchev–Trinajstić information content (AvgIpc) is 2.29. The van der Waals surface area contributed by atoms with Crippen molar-refractivity contribution in [3.05, 3.63) is 23.9 Å². The zero-order valence-corrected chi connectivity index (χ0v) is 9.98. The molecule has 0 saturated heterocycles. The van der Waals surface area contributed by atoms with E-state index in [-0.39, 0.29) is 6.04 Å². The van der Waals surface area contributed by atoms with Gasteiger partial charge in [-0.2, -0.15) is 0 Å². The lowest BCUT2D eigenvalue weighted by Crippen LogP contribution is -2.25. The molecule has 1 aromatic heterocycles. The summed E-state index contributed by atoms with van der Waals surface area (Å²) in [6.07, 6.45) is 8.21. The minimum atomic E-state index is 0.0220. The van der Waals surface area contributed by atoms with Gasteiger partial charge in [0.05, 0.1) is 6.54 Å². The molecule has 0 aromatic carbocycles. The Hall–Kier alpha value is -1.53. The Balaban J connectivity index is 2.81. The Morgan fingerprint density at radius 1 is 1.56 bits per heavy atom. The van der Waals surface area contributed by atoms with Crippen LogP contribution in [0.5, 0.6) is 0 Å². The topological polar surface area (TPSA) is 42.1 Å². The molecule has 86 valence electrons. The largest absolute Gasteiger partial charge is 0.345 e. The number of hydrogen-bond acceptors (Lipinski definition) is 3. The van der Waals surface area contributed by atoms with Gasteiger partial charge in [0.25, 0.3) is 0 Å². The van der Waals surface area contributed by atoms with Crippen LogP contribution in [0.25, 0.3) is 0 Å². The first kappa shape index (κ1) is 12.5. The van der Waals surface area contributed by atoms with Gasteiger partial charge in [-0.25, -0.2) is 4.98 Å². The second kappa shape index (κ2) is 6.14. The maximum absolute atomic E-state index is 5.77. The van der Waals surface area contributed by atoms with Crippen LogP contribution in [-0.4, -0.2) is 18.1 Å². The van der Waals surface area contributed by atoms with Crippen LogP contribution >= 0.6 is 0 Å². The van der Waals surface area contributed by atoms with E-state index < -0.39 is 0 Å². The summed E-state index contributed by atoms with van der Waals surface area (Å²) in [7, 11) is 0. The zero-order chi connectivity index (χ0) is 12.0. The average molecular weight is 217 g/mol. The molecule has 0 amide bonds. The van der Waals surface area contributed by atoms with Gasteiger partial charge in [-0.3, -0.25) is 0 Å². The molecule has 0 bridgehead atoms. The third kappa shape index (κ3) is 3.25. The molecule has 0 aliphatic carbocycles. The Morgan fingerprint density at radius 2 is 2.31 bits per heavy atom. The van der Waals surface area contributed by atoms with E-state index in [1.165, 1.54) is 0 Å². The molecule has 3 heteroatoms. The fourth-order valence-corrected chi connectivity index (χ4v) is 1.51. The van der Waals surface area contributed by atoms with Gasteiger partial charge in [0.15, 0.2) is 0 Å². The van der Waals surface area contributed by atoms with Gasteiger partial charge < -0.3 is 10.6 Å². The smallest absolute Gasteiger partial charge is 0.129 e. The van der Waals surface area contributed by atoms with Crippen molar-refractivity contribution in [3.8, 4) is 12.3 Å². The first-order chi connectivity index (χ1) is 7.69. The summed E-state index contributed by atoms with van der Waals surface area (Å²) in [6.45, 7) is 5.59. The molecule has 0 unspecified atom stereocenters. The number of pyridine rings is 1. The molecule has 0 saturated carbocycles. The quantitative estimate of drug-likeness (QED) is 0.766. The Bertz CT molecular complexity index is 348.